The van der Waals surface area contributed by atoms with Crippen LogP contribution < -0.4 is 5.32 Å². The average molecular weight is 283 g/mol. The van der Waals surface area contributed by atoms with Gasteiger partial charge in [0.25, 0.3) is 0 Å². The molecule has 116 valence electrons. The van der Waals surface area contributed by atoms with Crippen LogP contribution in [-0.4, -0.2) is 66.8 Å². The Labute approximate surface area is 122 Å². The number of hydrogen-bond donors (Lipinski definition) is 2. The average Bonchev–Trinajstić information content (AvgIpc) is 2.48. The van der Waals surface area contributed by atoms with E-state index in [1.807, 2.05) is 4.90 Å². The number of hydrogen-bond acceptors (Lipinski definition) is 3. The molecule has 5 heteroatoms. The number of rotatable bonds is 3. The van der Waals surface area contributed by atoms with E-state index in [1.165, 1.54) is 19.3 Å². The maximum absolute atomic E-state index is 11.9. The van der Waals surface area contributed by atoms with Gasteiger partial charge in [0, 0.05) is 45.9 Å². The molecular formula is C15H29N3O2. The van der Waals surface area contributed by atoms with Gasteiger partial charge in [-0.25, -0.2) is 4.79 Å². The highest BCUT2D eigenvalue weighted by Gasteiger charge is 2.29. The Bertz CT molecular complexity index is 314. The molecule has 2 amide bonds. The molecule has 1 saturated heterocycles. The van der Waals surface area contributed by atoms with E-state index in [2.05, 4.69) is 5.32 Å². The summed E-state index contributed by atoms with van der Waals surface area (Å²) < 4.78 is 0. The van der Waals surface area contributed by atoms with Crippen LogP contribution >= 0.6 is 0 Å². The molecule has 1 saturated carbocycles. The van der Waals surface area contributed by atoms with Crippen LogP contribution in [0.2, 0.25) is 0 Å². The molecule has 2 N–H and O–H groups in total. The summed E-state index contributed by atoms with van der Waals surface area (Å²) in [6.45, 7) is 1.98. The van der Waals surface area contributed by atoms with Gasteiger partial charge in [0.05, 0.1) is 0 Å². The molecule has 2 rings (SSSR count). The number of nitrogens with one attached hydrogen (secondary N) is 1. The van der Waals surface area contributed by atoms with E-state index in [-0.39, 0.29) is 6.03 Å². The number of carbonyl (C=O) groups is 1. The van der Waals surface area contributed by atoms with Crippen LogP contribution in [0.15, 0.2) is 0 Å². The molecule has 0 spiro atoms. The van der Waals surface area contributed by atoms with Crippen molar-refractivity contribution in [3.05, 3.63) is 0 Å². The summed E-state index contributed by atoms with van der Waals surface area (Å²) in [5.74, 6) is 0.421. The molecule has 5 nitrogen and oxygen atoms in total. The Balaban J connectivity index is 1.77. The third-order valence-electron chi connectivity index (χ3n) is 4.74. The normalized spacial score (nSPS) is 28.4. The van der Waals surface area contributed by atoms with Crippen molar-refractivity contribution in [3.8, 4) is 0 Å². The molecule has 20 heavy (non-hydrogen) atoms. The highest BCUT2D eigenvalue weighted by Crippen LogP contribution is 2.25. The number of aliphatic hydroxyl groups is 1. The molecule has 2 atom stereocenters. The first kappa shape index (κ1) is 15.6. The van der Waals surface area contributed by atoms with Crippen LogP contribution in [0.3, 0.4) is 0 Å². The minimum atomic E-state index is 0.120. The van der Waals surface area contributed by atoms with Crippen LogP contribution in [0.4, 0.5) is 4.79 Å². The van der Waals surface area contributed by atoms with Crippen LogP contribution in [0.1, 0.15) is 38.5 Å². The second kappa shape index (κ2) is 7.27. The van der Waals surface area contributed by atoms with E-state index in [0.717, 1.165) is 32.4 Å². The summed E-state index contributed by atoms with van der Waals surface area (Å²) in [5, 5.41) is 13.2. The Morgan fingerprint density at radius 3 is 2.45 bits per heavy atom. The molecule has 1 heterocycles. The predicted octanol–water partition coefficient (Wildman–Crippen LogP) is 1.27. The highest BCUT2D eigenvalue weighted by molar-refractivity contribution is 5.73. The van der Waals surface area contributed by atoms with E-state index in [1.54, 1.807) is 19.0 Å². The number of nitrogens with zero attached hydrogens (tertiary/aromatic N) is 2. The van der Waals surface area contributed by atoms with Gasteiger partial charge in [0.15, 0.2) is 0 Å². The molecule has 1 aliphatic carbocycles. The summed E-state index contributed by atoms with van der Waals surface area (Å²) in [7, 11) is 3.61. The minimum absolute atomic E-state index is 0.120. The SMILES string of the molecule is CN(C)C(=O)N1CCC(NC2CCCCC2CO)CC1. The van der Waals surface area contributed by atoms with E-state index in [4.69, 9.17) is 0 Å². The number of piperidine rings is 1. The molecule has 0 bridgehead atoms. The number of aliphatic hydroxyl groups excluding tert-OH is 1. The van der Waals surface area contributed by atoms with Crippen molar-refractivity contribution in [2.45, 2.75) is 50.6 Å². The topological polar surface area (TPSA) is 55.8 Å². The first-order chi connectivity index (χ1) is 9.61. The first-order valence-corrected chi connectivity index (χ1v) is 7.95. The van der Waals surface area contributed by atoms with E-state index >= 15 is 0 Å². The Hall–Kier alpha value is -0.810. The Kier molecular flexibility index (Phi) is 5.66. The largest absolute Gasteiger partial charge is 0.396 e. The highest BCUT2D eigenvalue weighted by atomic mass is 16.3. The van der Waals surface area contributed by atoms with Gasteiger partial charge in [-0.2, -0.15) is 0 Å². The van der Waals surface area contributed by atoms with Crippen LogP contribution in [0.5, 0.6) is 0 Å². The van der Waals surface area contributed by atoms with E-state index in [9.17, 15) is 9.90 Å². The zero-order chi connectivity index (χ0) is 14.5. The summed E-state index contributed by atoms with van der Waals surface area (Å²) >= 11 is 0. The van der Waals surface area contributed by atoms with Crippen molar-refractivity contribution in [2.24, 2.45) is 5.92 Å². The van der Waals surface area contributed by atoms with Gasteiger partial charge in [-0.05, 0) is 31.6 Å². The van der Waals surface area contributed by atoms with Gasteiger partial charge in [-0.15, -0.1) is 0 Å². The second-order valence-electron chi connectivity index (χ2n) is 6.44. The van der Waals surface area contributed by atoms with Crippen molar-refractivity contribution in [1.82, 2.24) is 15.1 Å². The molecule has 2 unspecified atom stereocenters. The lowest BCUT2D eigenvalue weighted by Gasteiger charge is -2.38. The minimum Gasteiger partial charge on any atom is -0.396 e. The van der Waals surface area contributed by atoms with Crippen molar-refractivity contribution in [2.75, 3.05) is 33.8 Å². The zero-order valence-corrected chi connectivity index (χ0v) is 12.8. The maximum atomic E-state index is 11.9. The first-order valence-electron chi connectivity index (χ1n) is 7.95. The molecule has 0 radical (unpaired) electrons. The van der Waals surface area contributed by atoms with Crippen LogP contribution in [0, 0.1) is 5.92 Å². The zero-order valence-electron chi connectivity index (χ0n) is 12.8. The third kappa shape index (κ3) is 3.85. The fraction of sp³-hybridized carbons (Fsp3) is 0.933. The quantitative estimate of drug-likeness (QED) is 0.820. The standard InChI is InChI=1S/C15H29N3O2/c1-17(2)15(20)18-9-7-13(8-10-18)16-14-6-4-3-5-12(14)11-19/h12-14,16,19H,3-11H2,1-2H3. The van der Waals surface area contributed by atoms with Gasteiger partial charge in [-0.3, -0.25) is 0 Å². The molecule has 0 aromatic carbocycles. The van der Waals surface area contributed by atoms with Gasteiger partial charge in [0.1, 0.15) is 0 Å². The monoisotopic (exact) mass is 283 g/mol. The molecule has 2 aliphatic rings. The summed E-state index contributed by atoms with van der Waals surface area (Å²) in [6, 6.07) is 1.09. The lowest BCUT2D eigenvalue weighted by Crippen LogP contribution is -2.52. The number of carbonyl (C=O) groups excluding carboxylic acids is 1. The molecule has 0 aromatic heterocycles. The van der Waals surface area contributed by atoms with Gasteiger partial charge in [-0.1, -0.05) is 12.8 Å². The Morgan fingerprint density at radius 1 is 1.20 bits per heavy atom. The predicted molar refractivity (Wildman–Crippen MR) is 79.6 cm³/mol. The van der Waals surface area contributed by atoms with Crippen LogP contribution in [0.25, 0.3) is 0 Å². The summed E-state index contributed by atoms with van der Waals surface area (Å²) in [4.78, 5) is 15.5. The van der Waals surface area contributed by atoms with Crippen molar-refractivity contribution in [3.63, 3.8) is 0 Å². The van der Waals surface area contributed by atoms with Crippen molar-refractivity contribution >= 4 is 6.03 Å². The lowest BCUT2D eigenvalue weighted by atomic mass is 9.84. The summed E-state index contributed by atoms with van der Waals surface area (Å²) in [6.07, 6.45) is 6.89. The molecular weight excluding hydrogens is 254 g/mol. The van der Waals surface area contributed by atoms with Gasteiger partial charge >= 0.3 is 6.03 Å². The van der Waals surface area contributed by atoms with Gasteiger partial charge < -0.3 is 20.2 Å². The number of urea groups is 1. The molecule has 0 aromatic rings. The van der Waals surface area contributed by atoms with E-state index in [0.29, 0.717) is 24.6 Å². The lowest BCUT2D eigenvalue weighted by molar-refractivity contribution is 0.124. The van der Waals surface area contributed by atoms with Gasteiger partial charge in [0.2, 0.25) is 0 Å². The smallest absolute Gasteiger partial charge is 0.319 e. The fourth-order valence-corrected chi connectivity index (χ4v) is 3.47. The van der Waals surface area contributed by atoms with Crippen molar-refractivity contribution < 1.29 is 9.90 Å². The fourth-order valence-electron chi connectivity index (χ4n) is 3.47. The van der Waals surface area contributed by atoms with Crippen molar-refractivity contribution in [1.29, 1.82) is 0 Å². The van der Waals surface area contributed by atoms with Crippen LogP contribution in [-0.2, 0) is 0 Å². The third-order valence-corrected chi connectivity index (χ3v) is 4.74. The Morgan fingerprint density at radius 2 is 1.85 bits per heavy atom. The number of amides is 2. The van der Waals surface area contributed by atoms with E-state index < -0.39 is 0 Å². The molecule has 1 aliphatic heterocycles. The maximum Gasteiger partial charge on any atom is 0.319 e. The second-order valence-corrected chi connectivity index (χ2v) is 6.44. The number of likely N-dealkylation sites (tertiary alicyclic amines) is 1. The molecule has 2 fully saturated rings. The summed E-state index contributed by atoms with van der Waals surface area (Å²) in [5.41, 5.74) is 0.